The lowest BCUT2D eigenvalue weighted by Gasteiger charge is -2.15. The molecule has 0 fully saturated rings. The van der Waals surface area contributed by atoms with Gasteiger partial charge in [-0.2, -0.15) is 0 Å². The van der Waals surface area contributed by atoms with E-state index >= 15 is 0 Å². The largest absolute Gasteiger partial charge is 0.479 e. The van der Waals surface area contributed by atoms with Crippen LogP contribution in [0.4, 0.5) is 0 Å². The summed E-state index contributed by atoms with van der Waals surface area (Å²) in [4.78, 5) is 11.2. The fraction of sp³-hybridized carbons (Fsp3) is 0.364. The smallest absolute Gasteiger partial charge is 0.346 e. The van der Waals surface area contributed by atoms with Crippen LogP contribution < -0.4 is 4.74 Å². The molecule has 0 bridgehead atoms. The van der Waals surface area contributed by atoms with E-state index in [9.17, 15) is 4.79 Å². The van der Waals surface area contributed by atoms with Crippen molar-refractivity contribution in [3.05, 3.63) is 28.8 Å². The van der Waals surface area contributed by atoms with E-state index in [-0.39, 0.29) is 0 Å². The molecule has 0 radical (unpaired) electrons. The van der Waals surface area contributed by atoms with E-state index in [1.165, 1.54) is 7.11 Å². The van der Waals surface area contributed by atoms with Gasteiger partial charge in [-0.25, -0.2) is 4.79 Å². The topological polar surface area (TPSA) is 35.5 Å². The van der Waals surface area contributed by atoms with Crippen LogP contribution in [0.25, 0.3) is 0 Å². The standard InChI is InChI=1S/C11H12Cl2O3/c1-7(11(14)15-2)16-10-5-9(13)4-3-8(10)6-12/h3-5,7H,6H2,1-2H3. The highest BCUT2D eigenvalue weighted by Gasteiger charge is 2.16. The summed E-state index contributed by atoms with van der Waals surface area (Å²) < 4.78 is 9.98. The van der Waals surface area contributed by atoms with Crippen molar-refractivity contribution in [1.82, 2.24) is 0 Å². The van der Waals surface area contributed by atoms with E-state index in [2.05, 4.69) is 4.74 Å². The molecule has 1 unspecified atom stereocenters. The Kier molecular flexibility index (Phi) is 4.90. The molecule has 0 aliphatic heterocycles. The Morgan fingerprint density at radius 1 is 1.50 bits per heavy atom. The van der Waals surface area contributed by atoms with Gasteiger partial charge in [0, 0.05) is 10.6 Å². The normalized spacial score (nSPS) is 12.0. The lowest BCUT2D eigenvalue weighted by molar-refractivity contribution is -0.147. The molecule has 1 aromatic rings. The first kappa shape index (κ1) is 13.1. The second kappa shape index (κ2) is 5.97. The SMILES string of the molecule is COC(=O)C(C)Oc1cc(Cl)ccc1CCl. The molecule has 0 aliphatic rings. The Morgan fingerprint density at radius 3 is 2.75 bits per heavy atom. The van der Waals surface area contributed by atoms with Crippen LogP contribution in [-0.2, 0) is 15.4 Å². The van der Waals surface area contributed by atoms with Gasteiger partial charge in [0.2, 0.25) is 0 Å². The summed E-state index contributed by atoms with van der Waals surface area (Å²) in [6, 6.07) is 5.10. The number of carbonyl (C=O) groups is 1. The summed E-state index contributed by atoms with van der Waals surface area (Å²) in [5.41, 5.74) is 0.779. The zero-order chi connectivity index (χ0) is 12.1. The van der Waals surface area contributed by atoms with Crippen LogP contribution in [0.3, 0.4) is 0 Å². The molecule has 16 heavy (non-hydrogen) atoms. The summed E-state index contributed by atoms with van der Waals surface area (Å²) in [6.45, 7) is 1.60. The van der Waals surface area contributed by atoms with Crippen LogP contribution in [0.5, 0.6) is 5.75 Å². The molecule has 0 saturated carbocycles. The zero-order valence-corrected chi connectivity index (χ0v) is 10.5. The molecule has 5 heteroatoms. The van der Waals surface area contributed by atoms with Crippen LogP contribution >= 0.6 is 23.2 Å². The predicted molar refractivity (Wildman–Crippen MR) is 63.1 cm³/mol. The molecule has 0 aromatic heterocycles. The Labute approximate surface area is 104 Å². The molecule has 0 N–H and O–H groups in total. The maximum absolute atomic E-state index is 11.2. The molecule has 0 spiro atoms. The number of hydrogen-bond acceptors (Lipinski definition) is 3. The fourth-order valence-electron chi connectivity index (χ4n) is 1.15. The molecule has 0 heterocycles. The van der Waals surface area contributed by atoms with E-state index in [4.69, 9.17) is 27.9 Å². The van der Waals surface area contributed by atoms with Crippen LogP contribution in [0.1, 0.15) is 12.5 Å². The lowest BCUT2D eigenvalue weighted by Crippen LogP contribution is -2.25. The van der Waals surface area contributed by atoms with Crippen LogP contribution in [0, 0.1) is 0 Å². The Hall–Kier alpha value is -0.930. The maximum atomic E-state index is 11.2. The lowest BCUT2D eigenvalue weighted by atomic mass is 10.2. The van der Waals surface area contributed by atoms with Gasteiger partial charge in [-0.05, 0) is 19.1 Å². The highest BCUT2D eigenvalue weighted by Crippen LogP contribution is 2.25. The van der Waals surface area contributed by atoms with Gasteiger partial charge >= 0.3 is 5.97 Å². The minimum Gasteiger partial charge on any atom is -0.479 e. The number of rotatable bonds is 4. The molecule has 88 valence electrons. The fourth-order valence-corrected chi connectivity index (χ4v) is 1.54. The number of halogens is 2. The van der Waals surface area contributed by atoms with E-state index in [0.717, 1.165) is 5.56 Å². The van der Waals surface area contributed by atoms with Crippen molar-refractivity contribution < 1.29 is 14.3 Å². The van der Waals surface area contributed by atoms with E-state index in [1.54, 1.807) is 25.1 Å². The van der Waals surface area contributed by atoms with Crippen molar-refractivity contribution in [1.29, 1.82) is 0 Å². The molecule has 3 nitrogen and oxygen atoms in total. The first-order valence-corrected chi connectivity index (χ1v) is 5.58. The monoisotopic (exact) mass is 262 g/mol. The first-order chi connectivity index (χ1) is 7.58. The van der Waals surface area contributed by atoms with Crippen LogP contribution in [-0.4, -0.2) is 19.2 Å². The summed E-state index contributed by atoms with van der Waals surface area (Å²) in [7, 11) is 1.31. The molecule has 1 rings (SSSR count). The number of hydrogen-bond donors (Lipinski definition) is 0. The first-order valence-electron chi connectivity index (χ1n) is 4.67. The van der Waals surface area contributed by atoms with E-state index in [0.29, 0.717) is 16.7 Å². The van der Waals surface area contributed by atoms with Gasteiger partial charge in [0.15, 0.2) is 6.10 Å². The third kappa shape index (κ3) is 3.29. The minimum atomic E-state index is -0.689. The number of ether oxygens (including phenoxy) is 2. The van der Waals surface area contributed by atoms with Crippen molar-refractivity contribution >= 4 is 29.2 Å². The number of alkyl halides is 1. The minimum absolute atomic E-state index is 0.292. The van der Waals surface area contributed by atoms with Crippen molar-refractivity contribution in [3.63, 3.8) is 0 Å². The van der Waals surface area contributed by atoms with Crippen molar-refractivity contribution in [2.24, 2.45) is 0 Å². The van der Waals surface area contributed by atoms with Gasteiger partial charge in [-0.1, -0.05) is 17.7 Å². The van der Waals surface area contributed by atoms with E-state index < -0.39 is 12.1 Å². The molecule has 1 atom stereocenters. The third-order valence-corrected chi connectivity index (χ3v) is 2.53. The summed E-state index contributed by atoms with van der Waals surface area (Å²) >= 11 is 11.6. The van der Waals surface area contributed by atoms with Gasteiger partial charge in [0.1, 0.15) is 5.75 Å². The van der Waals surface area contributed by atoms with Gasteiger partial charge in [-0.15, -0.1) is 11.6 Å². The van der Waals surface area contributed by atoms with Gasteiger partial charge in [0.05, 0.1) is 13.0 Å². The second-order valence-corrected chi connectivity index (χ2v) is 3.87. The molecule has 0 aliphatic carbocycles. The van der Waals surface area contributed by atoms with Crippen LogP contribution in [0.15, 0.2) is 18.2 Å². The van der Waals surface area contributed by atoms with Crippen LogP contribution in [0.2, 0.25) is 5.02 Å². The van der Waals surface area contributed by atoms with Crippen molar-refractivity contribution in [2.45, 2.75) is 18.9 Å². The molecule has 1 aromatic carbocycles. The Morgan fingerprint density at radius 2 is 2.19 bits per heavy atom. The zero-order valence-electron chi connectivity index (χ0n) is 9.00. The summed E-state index contributed by atoms with van der Waals surface area (Å²) in [5, 5.41) is 0.529. The van der Waals surface area contributed by atoms with E-state index in [1.807, 2.05) is 0 Å². The van der Waals surface area contributed by atoms with Gasteiger partial charge < -0.3 is 9.47 Å². The highest BCUT2D eigenvalue weighted by atomic mass is 35.5. The molecule has 0 saturated heterocycles. The summed E-state index contributed by atoms with van der Waals surface area (Å²) in [5.74, 6) is 0.348. The highest BCUT2D eigenvalue weighted by molar-refractivity contribution is 6.30. The molecular formula is C11H12Cl2O3. The summed E-state index contributed by atoms with van der Waals surface area (Å²) in [6.07, 6.45) is -0.689. The average molecular weight is 263 g/mol. The predicted octanol–water partition coefficient (Wildman–Crippen LogP) is 3.02. The number of esters is 1. The van der Waals surface area contributed by atoms with Crippen molar-refractivity contribution in [2.75, 3.05) is 7.11 Å². The van der Waals surface area contributed by atoms with Gasteiger partial charge in [-0.3, -0.25) is 0 Å². The average Bonchev–Trinajstić information content (AvgIpc) is 2.28. The molecular weight excluding hydrogens is 251 g/mol. The Bertz CT molecular complexity index is 379. The van der Waals surface area contributed by atoms with Gasteiger partial charge in [0.25, 0.3) is 0 Å². The third-order valence-electron chi connectivity index (χ3n) is 2.01. The second-order valence-electron chi connectivity index (χ2n) is 3.17. The maximum Gasteiger partial charge on any atom is 0.346 e. The number of benzene rings is 1. The number of carbonyl (C=O) groups excluding carboxylic acids is 1. The number of methoxy groups -OCH3 is 1. The quantitative estimate of drug-likeness (QED) is 0.618. The Balaban J connectivity index is 2.86. The molecule has 0 amide bonds. The van der Waals surface area contributed by atoms with Crippen molar-refractivity contribution in [3.8, 4) is 5.75 Å².